The monoisotopic (exact) mass is 243 g/mol. The van der Waals surface area contributed by atoms with Crippen LogP contribution < -0.4 is 9.64 Å². The first kappa shape index (κ1) is 10.5. The lowest BCUT2D eigenvalue weighted by molar-refractivity contribution is 0.414. The van der Waals surface area contributed by atoms with Gasteiger partial charge < -0.3 is 9.64 Å². The predicted octanol–water partition coefficient (Wildman–Crippen LogP) is 3.93. The number of anilines is 2. The van der Waals surface area contributed by atoms with E-state index in [0.717, 1.165) is 11.4 Å². The van der Waals surface area contributed by atoms with E-state index in [2.05, 4.69) is 42.3 Å². The van der Waals surface area contributed by atoms with Gasteiger partial charge in [-0.3, -0.25) is 0 Å². The molecule has 2 nitrogen and oxygen atoms in total. The molecule has 0 aliphatic carbocycles. The van der Waals surface area contributed by atoms with Crippen molar-refractivity contribution in [2.45, 2.75) is 9.79 Å². The van der Waals surface area contributed by atoms with Crippen LogP contribution in [0.25, 0.3) is 0 Å². The van der Waals surface area contributed by atoms with E-state index in [1.807, 2.05) is 12.1 Å². The lowest BCUT2D eigenvalue weighted by atomic mass is 10.2. The molecule has 0 fully saturated rings. The van der Waals surface area contributed by atoms with Crippen molar-refractivity contribution in [3.63, 3.8) is 0 Å². The standard InChI is InChI=1S/C14H13NOS/c1-15-10-6-3-4-8-12(10)17-13-9-5-7-11(16-2)14(13)15/h3-9H,1-2H3. The summed E-state index contributed by atoms with van der Waals surface area (Å²) < 4.78 is 5.44. The summed E-state index contributed by atoms with van der Waals surface area (Å²) in [5.74, 6) is 0.923. The first-order chi connectivity index (χ1) is 8.31. The Morgan fingerprint density at radius 3 is 2.59 bits per heavy atom. The highest BCUT2D eigenvalue weighted by Crippen LogP contribution is 2.50. The van der Waals surface area contributed by atoms with E-state index in [1.165, 1.54) is 15.5 Å². The van der Waals surface area contributed by atoms with Crippen molar-refractivity contribution < 1.29 is 4.74 Å². The van der Waals surface area contributed by atoms with Crippen molar-refractivity contribution in [1.29, 1.82) is 0 Å². The number of hydrogen-bond donors (Lipinski definition) is 0. The predicted molar refractivity (Wildman–Crippen MR) is 71.6 cm³/mol. The van der Waals surface area contributed by atoms with E-state index in [-0.39, 0.29) is 0 Å². The van der Waals surface area contributed by atoms with Crippen LogP contribution in [0.5, 0.6) is 5.75 Å². The van der Waals surface area contributed by atoms with Crippen LogP contribution >= 0.6 is 11.8 Å². The summed E-state index contributed by atoms with van der Waals surface area (Å²) in [6.07, 6.45) is 0. The van der Waals surface area contributed by atoms with Gasteiger partial charge in [0.15, 0.2) is 0 Å². The highest BCUT2D eigenvalue weighted by Gasteiger charge is 2.23. The first-order valence-electron chi connectivity index (χ1n) is 5.49. The molecular weight excluding hydrogens is 230 g/mol. The van der Waals surface area contributed by atoms with Gasteiger partial charge in [0, 0.05) is 16.8 Å². The van der Waals surface area contributed by atoms with E-state index >= 15 is 0 Å². The Labute approximate surface area is 105 Å². The second-order valence-corrected chi connectivity index (χ2v) is 5.02. The molecule has 3 rings (SSSR count). The van der Waals surface area contributed by atoms with Crippen LogP contribution in [-0.2, 0) is 0 Å². The van der Waals surface area contributed by atoms with Gasteiger partial charge in [-0.25, -0.2) is 0 Å². The summed E-state index contributed by atoms with van der Waals surface area (Å²) in [4.78, 5) is 4.72. The van der Waals surface area contributed by atoms with Crippen LogP contribution in [0.2, 0.25) is 0 Å². The van der Waals surface area contributed by atoms with Crippen LogP contribution in [0.1, 0.15) is 0 Å². The third kappa shape index (κ3) is 1.58. The molecule has 0 unspecified atom stereocenters. The minimum atomic E-state index is 0.923. The van der Waals surface area contributed by atoms with Gasteiger partial charge in [0.05, 0.1) is 18.5 Å². The third-order valence-corrected chi connectivity index (χ3v) is 4.08. The first-order valence-corrected chi connectivity index (χ1v) is 6.30. The van der Waals surface area contributed by atoms with Crippen LogP contribution in [0.3, 0.4) is 0 Å². The highest BCUT2D eigenvalue weighted by molar-refractivity contribution is 7.99. The van der Waals surface area contributed by atoms with Gasteiger partial charge in [-0.1, -0.05) is 30.0 Å². The number of fused-ring (bicyclic) bond motifs is 2. The number of ether oxygens (including phenoxy) is 1. The van der Waals surface area contributed by atoms with Crippen molar-refractivity contribution in [3.8, 4) is 5.75 Å². The summed E-state index contributed by atoms with van der Waals surface area (Å²) in [5, 5.41) is 0. The van der Waals surface area contributed by atoms with Gasteiger partial charge in [0.2, 0.25) is 0 Å². The Bertz CT molecular complexity index is 568. The minimum Gasteiger partial charge on any atom is -0.495 e. The summed E-state index contributed by atoms with van der Waals surface area (Å²) in [6.45, 7) is 0. The van der Waals surface area contributed by atoms with Gasteiger partial charge in [0.25, 0.3) is 0 Å². The molecule has 1 aliphatic rings. The molecule has 0 N–H and O–H groups in total. The molecule has 0 bridgehead atoms. The Balaban J connectivity index is 2.20. The Kier molecular flexibility index (Phi) is 2.48. The van der Waals surface area contributed by atoms with Crippen LogP contribution in [0.15, 0.2) is 52.3 Å². The maximum absolute atomic E-state index is 5.44. The SMILES string of the molecule is COc1cccc2c1N(C)c1ccccc1S2. The van der Waals surface area contributed by atoms with E-state index in [9.17, 15) is 0 Å². The molecule has 0 radical (unpaired) electrons. The average Bonchev–Trinajstić information content (AvgIpc) is 2.38. The summed E-state index contributed by atoms with van der Waals surface area (Å²) in [6, 6.07) is 14.6. The highest BCUT2D eigenvalue weighted by atomic mass is 32.2. The fraction of sp³-hybridized carbons (Fsp3) is 0.143. The van der Waals surface area contributed by atoms with Crippen molar-refractivity contribution in [3.05, 3.63) is 42.5 Å². The van der Waals surface area contributed by atoms with Gasteiger partial charge >= 0.3 is 0 Å². The summed E-state index contributed by atoms with van der Waals surface area (Å²) in [5.41, 5.74) is 2.38. The number of hydrogen-bond acceptors (Lipinski definition) is 3. The summed E-state index contributed by atoms with van der Waals surface area (Å²) in [7, 11) is 3.80. The van der Waals surface area contributed by atoms with Gasteiger partial charge in [-0.05, 0) is 24.3 Å². The second kappa shape index (κ2) is 4.00. The maximum atomic E-state index is 5.44. The van der Waals surface area contributed by atoms with E-state index in [4.69, 9.17) is 4.74 Å². The zero-order valence-electron chi connectivity index (χ0n) is 9.81. The molecule has 0 saturated heterocycles. The normalized spacial score (nSPS) is 12.9. The van der Waals surface area contributed by atoms with Gasteiger partial charge in [0.1, 0.15) is 5.75 Å². The van der Waals surface area contributed by atoms with E-state index < -0.39 is 0 Å². The molecule has 86 valence electrons. The zero-order chi connectivity index (χ0) is 11.8. The molecule has 0 saturated carbocycles. The molecule has 0 aromatic heterocycles. The van der Waals surface area contributed by atoms with Crippen molar-refractivity contribution in [1.82, 2.24) is 0 Å². The molecule has 2 aromatic carbocycles. The van der Waals surface area contributed by atoms with Crippen molar-refractivity contribution in [2.75, 3.05) is 19.1 Å². The number of methoxy groups -OCH3 is 1. The van der Waals surface area contributed by atoms with Crippen molar-refractivity contribution >= 4 is 23.1 Å². The molecule has 3 heteroatoms. The average molecular weight is 243 g/mol. The van der Waals surface area contributed by atoms with Gasteiger partial charge in [-0.15, -0.1) is 0 Å². The number of benzene rings is 2. The van der Waals surface area contributed by atoms with E-state index in [0.29, 0.717) is 0 Å². The Morgan fingerprint density at radius 1 is 1.00 bits per heavy atom. The lowest BCUT2D eigenvalue weighted by Crippen LogP contribution is -2.15. The number of para-hydroxylation sites is 2. The topological polar surface area (TPSA) is 12.5 Å². The molecule has 0 amide bonds. The fourth-order valence-corrected chi connectivity index (χ4v) is 3.31. The third-order valence-electron chi connectivity index (χ3n) is 2.96. The fourth-order valence-electron chi connectivity index (χ4n) is 2.14. The van der Waals surface area contributed by atoms with E-state index in [1.54, 1.807) is 18.9 Å². The Morgan fingerprint density at radius 2 is 1.76 bits per heavy atom. The number of nitrogens with zero attached hydrogens (tertiary/aromatic N) is 1. The summed E-state index contributed by atoms with van der Waals surface area (Å²) >= 11 is 1.79. The molecular formula is C14H13NOS. The molecule has 17 heavy (non-hydrogen) atoms. The molecule has 0 atom stereocenters. The van der Waals surface area contributed by atoms with Crippen LogP contribution in [0.4, 0.5) is 11.4 Å². The smallest absolute Gasteiger partial charge is 0.143 e. The zero-order valence-corrected chi connectivity index (χ0v) is 10.6. The van der Waals surface area contributed by atoms with Crippen molar-refractivity contribution in [2.24, 2.45) is 0 Å². The maximum Gasteiger partial charge on any atom is 0.143 e. The number of rotatable bonds is 1. The van der Waals surface area contributed by atoms with Crippen LogP contribution in [0, 0.1) is 0 Å². The molecule has 2 aromatic rings. The second-order valence-electron chi connectivity index (χ2n) is 3.94. The minimum absolute atomic E-state index is 0.923. The van der Waals surface area contributed by atoms with Crippen LogP contribution in [-0.4, -0.2) is 14.2 Å². The molecule has 1 aliphatic heterocycles. The molecule has 0 spiro atoms. The lowest BCUT2D eigenvalue weighted by Gasteiger charge is -2.30. The Hall–Kier alpha value is -1.61. The largest absolute Gasteiger partial charge is 0.495 e. The quantitative estimate of drug-likeness (QED) is 0.753. The molecule has 1 heterocycles. The van der Waals surface area contributed by atoms with Gasteiger partial charge in [-0.2, -0.15) is 0 Å².